The van der Waals surface area contributed by atoms with Gasteiger partial charge in [0.05, 0.1) is 16.8 Å². The summed E-state index contributed by atoms with van der Waals surface area (Å²) in [6.45, 7) is 0. The zero-order valence-electron chi connectivity index (χ0n) is 8.67. The average molecular weight is 283 g/mol. The van der Waals surface area contributed by atoms with Crippen molar-refractivity contribution in [3.05, 3.63) is 34.1 Å². The third-order valence-corrected chi connectivity index (χ3v) is 2.03. The third-order valence-electron chi connectivity index (χ3n) is 1.75. The molecule has 4 nitrogen and oxygen atoms in total. The van der Waals surface area contributed by atoms with Crippen LogP contribution in [0.25, 0.3) is 0 Å². The van der Waals surface area contributed by atoms with Gasteiger partial charge in [-0.2, -0.15) is 18.3 Å². The Kier molecular flexibility index (Phi) is 4.12. The number of hydrogen-bond donors (Lipinski definition) is 2. The first-order valence-electron chi connectivity index (χ1n) is 4.40. The van der Waals surface area contributed by atoms with Gasteiger partial charge < -0.3 is 11.5 Å². The minimum atomic E-state index is -4.64. The van der Waals surface area contributed by atoms with Crippen molar-refractivity contribution >= 4 is 23.8 Å². The fourth-order valence-electron chi connectivity index (χ4n) is 1.03. The van der Waals surface area contributed by atoms with Crippen LogP contribution < -0.4 is 11.5 Å². The Morgan fingerprint density at radius 2 is 1.89 bits per heavy atom. The third kappa shape index (κ3) is 3.59. The number of halogens is 5. The Balaban J connectivity index is 3.23. The lowest BCUT2D eigenvalue weighted by Crippen LogP contribution is -2.21. The van der Waals surface area contributed by atoms with Gasteiger partial charge >= 0.3 is 6.18 Å². The van der Waals surface area contributed by atoms with Crippen molar-refractivity contribution in [1.82, 2.24) is 0 Å². The molecule has 0 bridgehead atoms. The molecule has 1 aromatic rings. The molecule has 0 saturated heterocycles. The summed E-state index contributed by atoms with van der Waals surface area (Å²) in [5.74, 6) is -1.45. The lowest BCUT2D eigenvalue weighted by molar-refractivity contribution is -0.137. The quantitative estimate of drug-likeness (QED) is 0.377. The first kappa shape index (κ1) is 14.2. The van der Waals surface area contributed by atoms with E-state index in [1.54, 1.807) is 0 Å². The van der Waals surface area contributed by atoms with E-state index in [-0.39, 0.29) is 0 Å². The van der Waals surface area contributed by atoms with Crippen molar-refractivity contribution < 1.29 is 17.6 Å². The summed E-state index contributed by atoms with van der Waals surface area (Å²) in [5.41, 5.74) is 8.31. The van der Waals surface area contributed by atoms with Crippen LogP contribution in [0.15, 0.2) is 22.3 Å². The Bertz CT molecular complexity index is 506. The van der Waals surface area contributed by atoms with Crippen LogP contribution in [0.5, 0.6) is 0 Å². The molecule has 0 fully saturated rings. The van der Waals surface area contributed by atoms with E-state index in [1.807, 2.05) is 0 Å². The van der Waals surface area contributed by atoms with Gasteiger partial charge in [-0.25, -0.2) is 4.39 Å². The lowest BCUT2D eigenvalue weighted by atomic mass is 10.1. The number of nitrogens with two attached hydrogens (primary N) is 2. The molecule has 98 valence electrons. The number of nitrogens with zero attached hydrogens (tertiary/aromatic N) is 2. The molecule has 4 N–H and O–H groups in total. The van der Waals surface area contributed by atoms with E-state index in [1.165, 1.54) is 0 Å². The van der Waals surface area contributed by atoms with Gasteiger partial charge in [-0.1, -0.05) is 11.6 Å². The maximum atomic E-state index is 13.4. The summed E-state index contributed by atoms with van der Waals surface area (Å²) in [5, 5.41) is 5.68. The molecule has 0 atom stereocenters. The molecule has 0 amide bonds. The highest BCUT2D eigenvalue weighted by molar-refractivity contribution is 6.31. The van der Waals surface area contributed by atoms with Crippen molar-refractivity contribution in [3.8, 4) is 0 Å². The molecule has 1 aromatic carbocycles. The minimum absolute atomic E-state index is 0.412. The van der Waals surface area contributed by atoms with Crippen LogP contribution in [0.1, 0.15) is 11.1 Å². The van der Waals surface area contributed by atoms with Gasteiger partial charge in [-0.3, -0.25) is 0 Å². The zero-order valence-corrected chi connectivity index (χ0v) is 9.43. The Morgan fingerprint density at radius 1 is 1.28 bits per heavy atom. The first-order valence-corrected chi connectivity index (χ1v) is 4.78. The molecule has 0 aliphatic rings. The standard InChI is InChI=1S/C9H7ClF4N4/c10-6-2-5(9(12,13)14)1-4(7(6)11)3-17-18-8(15)16/h1-3H,(H4,15,16,18)/b17-3+. The summed E-state index contributed by atoms with van der Waals surface area (Å²) in [6, 6.07) is 1.03. The van der Waals surface area contributed by atoms with Crippen LogP contribution in [-0.4, -0.2) is 12.2 Å². The zero-order chi connectivity index (χ0) is 13.9. The van der Waals surface area contributed by atoms with Gasteiger partial charge in [-0.15, -0.1) is 5.10 Å². The van der Waals surface area contributed by atoms with Gasteiger partial charge in [0.1, 0.15) is 0 Å². The molecule has 0 unspecified atom stereocenters. The van der Waals surface area contributed by atoms with Gasteiger partial charge in [0.25, 0.3) is 0 Å². The van der Waals surface area contributed by atoms with Crippen molar-refractivity contribution in [3.63, 3.8) is 0 Å². The Labute approximate surface area is 104 Å². The van der Waals surface area contributed by atoms with E-state index in [0.717, 1.165) is 6.21 Å². The van der Waals surface area contributed by atoms with E-state index < -0.39 is 34.1 Å². The fraction of sp³-hybridized carbons (Fsp3) is 0.111. The van der Waals surface area contributed by atoms with Crippen LogP contribution in [-0.2, 0) is 6.18 Å². The molecule has 0 aromatic heterocycles. The minimum Gasteiger partial charge on any atom is -0.369 e. The number of guanidine groups is 1. The molecule has 0 aliphatic carbocycles. The van der Waals surface area contributed by atoms with Gasteiger partial charge in [0.2, 0.25) is 5.96 Å². The molecule has 18 heavy (non-hydrogen) atoms. The van der Waals surface area contributed by atoms with E-state index in [2.05, 4.69) is 10.2 Å². The summed E-state index contributed by atoms with van der Waals surface area (Å²) in [4.78, 5) is 0. The van der Waals surface area contributed by atoms with Crippen LogP contribution in [0.4, 0.5) is 17.6 Å². The second-order valence-corrected chi connectivity index (χ2v) is 3.54. The lowest BCUT2D eigenvalue weighted by Gasteiger charge is -2.08. The fourth-order valence-corrected chi connectivity index (χ4v) is 1.25. The maximum Gasteiger partial charge on any atom is 0.416 e. The summed E-state index contributed by atoms with van der Waals surface area (Å²) < 4.78 is 50.7. The molecular formula is C9H7ClF4N4. The molecular weight excluding hydrogens is 276 g/mol. The van der Waals surface area contributed by atoms with E-state index in [4.69, 9.17) is 23.1 Å². The molecule has 1 rings (SSSR count). The SMILES string of the molecule is NC(N)=N/N=C/c1cc(C(F)(F)F)cc(Cl)c1F. The largest absolute Gasteiger partial charge is 0.416 e. The predicted molar refractivity (Wildman–Crippen MR) is 59.8 cm³/mol. The smallest absolute Gasteiger partial charge is 0.369 e. The van der Waals surface area contributed by atoms with Crippen molar-refractivity contribution in [2.75, 3.05) is 0 Å². The second-order valence-electron chi connectivity index (χ2n) is 3.13. The van der Waals surface area contributed by atoms with Crippen LogP contribution in [0, 0.1) is 5.82 Å². The summed E-state index contributed by atoms with van der Waals surface area (Å²) >= 11 is 5.34. The van der Waals surface area contributed by atoms with Crippen LogP contribution >= 0.6 is 11.6 Å². The van der Waals surface area contributed by atoms with Gasteiger partial charge in [-0.05, 0) is 12.1 Å². The first-order chi connectivity index (χ1) is 8.21. The Hall–Kier alpha value is -1.83. The van der Waals surface area contributed by atoms with Crippen molar-refractivity contribution in [2.45, 2.75) is 6.18 Å². The number of hydrogen-bond acceptors (Lipinski definition) is 2. The van der Waals surface area contributed by atoms with Crippen molar-refractivity contribution in [2.24, 2.45) is 21.7 Å². The summed E-state index contributed by atoms with van der Waals surface area (Å²) in [6.07, 6.45) is -3.91. The highest BCUT2D eigenvalue weighted by atomic mass is 35.5. The number of rotatable bonds is 2. The molecule has 0 radical (unpaired) electrons. The normalized spacial score (nSPS) is 11.8. The number of alkyl halides is 3. The second kappa shape index (κ2) is 5.21. The van der Waals surface area contributed by atoms with Crippen LogP contribution in [0.3, 0.4) is 0 Å². The van der Waals surface area contributed by atoms with E-state index in [9.17, 15) is 17.6 Å². The molecule has 0 spiro atoms. The van der Waals surface area contributed by atoms with E-state index >= 15 is 0 Å². The monoisotopic (exact) mass is 282 g/mol. The predicted octanol–water partition coefficient (Wildman–Crippen LogP) is 2.11. The highest BCUT2D eigenvalue weighted by Gasteiger charge is 2.32. The average Bonchev–Trinajstić information content (AvgIpc) is 2.22. The summed E-state index contributed by atoms with van der Waals surface area (Å²) in [7, 11) is 0. The molecule has 9 heteroatoms. The number of benzene rings is 1. The van der Waals surface area contributed by atoms with Gasteiger partial charge in [0.15, 0.2) is 5.82 Å². The van der Waals surface area contributed by atoms with E-state index in [0.29, 0.717) is 12.1 Å². The van der Waals surface area contributed by atoms with Crippen LogP contribution in [0.2, 0.25) is 5.02 Å². The Morgan fingerprint density at radius 3 is 2.39 bits per heavy atom. The molecule has 0 aliphatic heterocycles. The molecule has 0 heterocycles. The maximum absolute atomic E-state index is 13.4. The topological polar surface area (TPSA) is 76.8 Å². The highest BCUT2D eigenvalue weighted by Crippen LogP contribution is 2.32. The molecule has 0 saturated carbocycles. The van der Waals surface area contributed by atoms with Gasteiger partial charge in [0, 0.05) is 5.56 Å². The van der Waals surface area contributed by atoms with Crippen molar-refractivity contribution in [1.29, 1.82) is 0 Å².